The minimum Gasteiger partial charge on any atom is -0.207 e. The van der Waals surface area contributed by atoms with Gasteiger partial charge in [-0.05, 0) is 24.6 Å². The molecule has 0 aliphatic carbocycles. The largest absolute Gasteiger partial charge is 0.416 e. The number of nitrogens with one attached hydrogen (secondary N) is 1. The van der Waals surface area contributed by atoms with Crippen LogP contribution in [0.2, 0.25) is 0 Å². The van der Waals surface area contributed by atoms with E-state index in [9.17, 15) is 21.6 Å². The zero-order valence-corrected chi connectivity index (χ0v) is 10.1. The van der Waals surface area contributed by atoms with Crippen LogP contribution in [0, 0.1) is 18.3 Å². The summed E-state index contributed by atoms with van der Waals surface area (Å²) in [6, 6.07) is 4.42. The van der Waals surface area contributed by atoms with Crippen molar-refractivity contribution >= 4 is 10.0 Å². The average molecular weight is 278 g/mol. The van der Waals surface area contributed by atoms with Crippen molar-refractivity contribution in [2.45, 2.75) is 18.0 Å². The van der Waals surface area contributed by atoms with Crippen molar-refractivity contribution in [3.63, 3.8) is 0 Å². The van der Waals surface area contributed by atoms with Crippen molar-refractivity contribution in [2.75, 3.05) is 6.54 Å². The van der Waals surface area contributed by atoms with E-state index in [1.807, 2.05) is 4.72 Å². The van der Waals surface area contributed by atoms with Gasteiger partial charge in [0.2, 0.25) is 10.0 Å². The Morgan fingerprint density at radius 2 is 2.00 bits per heavy atom. The van der Waals surface area contributed by atoms with E-state index >= 15 is 0 Å². The van der Waals surface area contributed by atoms with Gasteiger partial charge in [0.05, 0.1) is 23.1 Å². The number of alkyl halides is 3. The third kappa shape index (κ3) is 3.00. The van der Waals surface area contributed by atoms with E-state index in [1.54, 1.807) is 6.07 Å². The van der Waals surface area contributed by atoms with Crippen molar-refractivity contribution in [2.24, 2.45) is 0 Å². The zero-order valence-electron chi connectivity index (χ0n) is 9.25. The smallest absolute Gasteiger partial charge is 0.207 e. The lowest BCUT2D eigenvalue weighted by molar-refractivity contribution is -0.138. The fourth-order valence-corrected chi connectivity index (χ4v) is 2.60. The van der Waals surface area contributed by atoms with Crippen LogP contribution < -0.4 is 4.72 Å². The Hall–Kier alpha value is -1.59. The van der Waals surface area contributed by atoms with E-state index in [0.717, 1.165) is 25.1 Å². The van der Waals surface area contributed by atoms with E-state index in [-0.39, 0.29) is 0 Å². The molecule has 0 spiro atoms. The fraction of sp³-hybridized carbons (Fsp3) is 0.300. The molecule has 0 aliphatic rings. The summed E-state index contributed by atoms with van der Waals surface area (Å²) in [7, 11) is -4.11. The maximum Gasteiger partial charge on any atom is 0.416 e. The van der Waals surface area contributed by atoms with Crippen molar-refractivity contribution in [3.05, 3.63) is 29.3 Å². The molecule has 8 heteroatoms. The number of benzene rings is 1. The van der Waals surface area contributed by atoms with Crippen LogP contribution in [-0.2, 0) is 16.2 Å². The third-order valence-electron chi connectivity index (χ3n) is 2.22. The molecule has 0 saturated heterocycles. The number of halogens is 3. The van der Waals surface area contributed by atoms with E-state index in [0.29, 0.717) is 0 Å². The Morgan fingerprint density at radius 1 is 1.39 bits per heavy atom. The monoisotopic (exact) mass is 278 g/mol. The van der Waals surface area contributed by atoms with Gasteiger partial charge < -0.3 is 0 Å². The first-order chi connectivity index (χ1) is 8.20. The highest BCUT2D eigenvalue weighted by Gasteiger charge is 2.34. The molecule has 0 bridgehead atoms. The predicted molar refractivity (Wildman–Crippen MR) is 57.0 cm³/mol. The molecule has 0 atom stereocenters. The van der Waals surface area contributed by atoms with Crippen LogP contribution in [0.15, 0.2) is 23.1 Å². The van der Waals surface area contributed by atoms with Gasteiger partial charge in [-0.15, -0.1) is 0 Å². The van der Waals surface area contributed by atoms with E-state index in [4.69, 9.17) is 5.26 Å². The van der Waals surface area contributed by atoms with E-state index < -0.39 is 38.8 Å². The fourth-order valence-electron chi connectivity index (χ4n) is 1.42. The molecule has 18 heavy (non-hydrogen) atoms. The molecule has 1 rings (SSSR count). The van der Waals surface area contributed by atoms with Gasteiger partial charge >= 0.3 is 6.18 Å². The Morgan fingerprint density at radius 3 is 2.50 bits per heavy atom. The van der Waals surface area contributed by atoms with Crippen LogP contribution in [0.1, 0.15) is 11.1 Å². The summed E-state index contributed by atoms with van der Waals surface area (Å²) in [6.07, 6.45) is -4.62. The van der Waals surface area contributed by atoms with Gasteiger partial charge in [-0.2, -0.15) is 23.2 Å². The molecule has 0 amide bonds. The second kappa shape index (κ2) is 4.96. The topological polar surface area (TPSA) is 70.0 Å². The molecule has 0 heterocycles. The van der Waals surface area contributed by atoms with Gasteiger partial charge in [-0.25, -0.2) is 8.42 Å². The average Bonchev–Trinajstić information content (AvgIpc) is 2.25. The normalized spacial score (nSPS) is 12.2. The van der Waals surface area contributed by atoms with E-state index in [2.05, 4.69) is 0 Å². The standard InChI is InChI=1S/C10H9F3N2O2S/c1-7-8(10(11,12)13)3-2-4-9(7)18(16,17)15-6-5-14/h2-4,15H,6H2,1H3. The highest BCUT2D eigenvalue weighted by Crippen LogP contribution is 2.33. The first kappa shape index (κ1) is 14.5. The Bertz CT molecular complexity index is 588. The van der Waals surface area contributed by atoms with Gasteiger partial charge in [0, 0.05) is 0 Å². The maximum absolute atomic E-state index is 12.6. The summed E-state index contributed by atoms with van der Waals surface area (Å²) in [6.45, 7) is 0.571. The number of hydrogen-bond donors (Lipinski definition) is 1. The minimum absolute atomic E-state index is 0.393. The summed E-state index contributed by atoms with van der Waals surface area (Å²) in [5.74, 6) is 0. The second-order valence-corrected chi connectivity index (χ2v) is 5.14. The van der Waals surface area contributed by atoms with Crippen LogP contribution in [-0.4, -0.2) is 15.0 Å². The van der Waals surface area contributed by atoms with Crippen molar-refractivity contribution in [1.82, 2.24) is 4.72 Å². The second-order valence-electron chi connectivity index (χ2n) is 3.41. The number of sulfonamides is 1. The number of nitriles is 1. The molecule has 1 N–H and O–H groups in total. The van der Waals surface area contributed by atoms with Crippen molar-refractivity contribution < 1.29 is 21.6 Å². The van der Waals surface area contributed by atoms with Gasteiger partial charge in [0.25, 0.3) is 0 Å². The highest BCUT2D eigenvalue weighted by molar-refractivity contribution is 7.89. The highest BCUT2D eigenvalue weighted by atomic mass is 32.2. The molecule has 98 valence electrons. The molecule has 0 radical (unpaired) electrons. The van der Waals surface area contributed by atoms with Crippen LogP contribution >= 0.6 is 0 Å². The lowest BCUT2D eigenvalue weighted by Gasteiger charge is -2.13. The Balaban J connectivity index is 3.33. The van der Waals surface area contributed by atoms with Crippen LogP contribution in [0.4, 0.5) is 13.2 Å². The first-order valence-corrected chi connectivity index (χ1v) is 6.22. The van der Waals surface area contributed by atoms with Crippen molar-refractivity contribution in [1.29, 1.82) is 5.26 Å². The molecule has 0 aromatic heterocycles. The Kier molecular flexibility index (Phi) is 3.98. The lowest BCUT2D eigenvalue weighted by atomic mass is 10.1. The summed E-state index contributed by atoms with van der Waals surface area (Å²) in [5.41, 5.74) is -1.40. The predicted octanol–water partition coefficient (Wildman–Crippen LogP) is 1.82. The van der Waals surface area contributed by atoms with Crippen molar-refractivity contribution in [3.8, 4) is 6.07 Å². The first-order valence-electron chi connectivity index (χ1n) is 4.73. The molecule has 1 aromatic rings. The summed E-state index contributed by atoms with van der Waals surface area (Å²) < 4.78 is 63.0. The lowest BCUT2D eigenvalue weighted by Crippen LogP contribution is -2.25. The van der Waals surface area contributed by atoms with Crippen LogP contribution in [0.3, 0.4) is 0 Å². The van der Waals surface area contributed by atoms with Gasteiger partial charge in [0.15, 0.2) is 0 Å². The molecule has 4 nitrogen and oxygen atoms in total. The molecular weight excluding hydrogens is 269 g/mol. The number of rotatable bonds is 3. The zero-order chi connectivity index (χ0) is 14.0. The minimum atomic E-state index is -4.62. The summed E-state index contributed by atoms with van der Waals surface area (Å²) >= 11 is 0. The quantitative estimate of drug-likeness (QED) is 0.857. The number of hydrogen-bond acceptors (Lipinski definition) is 3. The van der Waals surface area contributed by atoms with Gasteiger partial charge in [-0.1, -0.05) is 6.07 Å². The molecular formula is C10H9F3N2O2S. The molecule has 0 unspecified atom stereocenters. The van der Waals surface area contributed by atoms with Gasteiger partial charge in [-0.3, -0.25) is 0 Å². The SMILES string of the molecule is Cc1c(C(F)(F)F)cccc1S(=O)(=O)NCC#N. The van der Waals surface area contributed by atoms with Gasteiger partial charge in [0.1, 0.15) is 0 Å². The molecule has 1 aromatic carbocycles. The molecule has 0 saturated carbocycles. The maximum atomic E-state index is 12.6. The molecule has 0 fully saturated rings. The van der Waals surface area contributed by atoms with Crippen LogP contribution in [0.25, 0.3) is 0 Å². The number of nitrogens with zero attached hydrogens (tertiary/aromatic N) is 1. The third-order valence-corrected chi connectivity index (χ3v) is 3.77. The molecule has 0 aliphatic heterocycles. The van der Waals surface area contributed by atoms with E-state index in [1.165, 1.54) is 0 Å². The Labute approximate surface area is 102 Å². The summed E-state index contributed by atoms with van der Waals surface area (Å²) in [4.78, 5) is -0.479. The van der Waals surface area contributed by atoms with Crippen LogP contribution in [0.5, 0.6) is 0 Å². The summed E-state index contributed by atoms with van der Waals surface area (Å²) in [5, 5.41) is 8.27.